The highest BCUT2D eigenvalue weighted by Gasteiger charge is 2.37. The zero-order valence-corrected chi connectivity index (χ0v) is 19.5. The van der Waals surface area contributed by atoms with Crippen LogP contribution in [0.25, 0.3) is 10.8 Å². The molecule has 7 nitrogen and oxygen atoms in total. The van der Waals surface area contributed by atoms with Gasteiger partial charge in [-0.25, -0.2) is 0 Å². The van der Waals surface area contributed by atoms with Gasteiger partial charge in [0.2, 0.25) is 5.91 Å². The lowest BCUT2D eigenvalue weighted by Gasteiger charge is -2.47. The number of halogens is 3. The van der Waals surface area contributed by atoms with Crippen molar-refractivity contribution >= 4 is 22.5 Å². The topological polar surface area (TPSA) is 90.4 Å². The van der Waals surface area contributed by atoms with E-state index >= 15 is 0 Å². The molecule has 2 aliphatic rings. The number of likely N-dealkylation sites (tertiary alicyclic amines) is 1. The number of carbonyl (C=O) groups is 1. The number of fused-ring (bicyclic) bond motifs is 1. The first-order valence-electron chi connectivity index (χ1n) is 11.9. The van der Waals surface area contributed by atoms with Crippen LogP contribution >= 0.6 is 0 Å². The molecule has 1 amide bonds. The van der Waals surface area contributed by atoms with Crippen LogP contribution < -0.4 is 10.6 Å². The van der Waals surface area contributed by atoms with Crippen molar-refractivity contribution in [3.8, 4) is 0 Å². The number of aliphatic hydroxyl groups is 1. The zero-order valence-electron chi connectivity index (χ0n) is 19.5. The number of aliphatic hydroxyl groups excluding tert-OH is 1. The maximum atomic E-state index is 13.1. The molecule has 186 valence electrons. The van der Waals surface area contributed by atoms with Crippen LogP contribution in [-0.2, 0) is 11.0 Å². The van der Waals surface area contributed by atoms with E-state index in [1.54, 1.807) is 0 Å². The fourth-order valence-electron chi connectivity index (χ4n) is 5.08. The minimum absolute atomic E-state index is 0.0590. The molecule has 1 saturated heterocycles. The molecule has 4 rings (SSSR count). The number of alkyl halides is 3. The first-order chi connectivity index (χ1) is 16.1. The van der Waals surface area contributed by atoms with Gasteiger partial charge in [0.25, 0.3) is 0 Å². The highest BCUT2D eigenvalue weighted by Crippen LogP contribution is 2.34. The van der Waals surface area contributed by atoms with Crippen molar-refractivity contribution in [2.75, 3.05) is 25.0 Å². The summed E-state index contributed by atoms with van der Waals surface area (Å²) in [6.45, 7) is 5.59. The third-order valence-electron chi connectivity index (χ3n) is 7.11. The van der Waals surface area contributed by atoms with Crippen LogP contribution in [0.2, 0.25) is 0 Å². The summed E-state index contributed by atoms with van der Waals surface area (Å²) < 4.78 is 39.2. The van der Waals surface area contributed by atoms with Gasteiger partial charge in [-0.05, 0) is 49.7 Å². The lowest BCUT2D eigenvalue weighted by molar-refractivity contribution is -0.137. The molecule has 1 atom stereocenters. The van der Waals surface area contributed by atoms with E-state index in [9.17, 15) is 23.1 Å². The average Bonchev–Trinajstić information content (AvgIpc) is 2.78. The Kier molecular flexibility index (Phi) is 7.28. The summed E-state index contributed by atoms with van der Waals surface area (Å²) in [6.07, 6.45) is 0.888. The number of nitrogens with one attached hydrogen (secondary N) is 2. The van der Waals surface area contributed by atoms with Crippen LogP contribution in [0.15, 0.2) is 24.4 Å². The normalized spacial score (nSPS) is 23.0. The Morgan fingerprint density at radius 2 is 1.91 bits per heavy atom. The molecule has 0 spiro atoms. The Hall–Kier alpha value is -2.46. The van der Waals surface area contributed by atoms with Gasteiger partial charge in [0.15, 0.2) is 5.82 Å². The number of aromatic nitrogens is 2. The summed E-state index contributed by atoms with van der Waals surface area (Å²) in [5.74, 6) is 0.572. The van der Waals surface area contributed by atoms with E-state index in [0.29, 0.717) is 17.3 Å². The van der Waals surface area contributed by atoms with Gasteiger partial charge in [0.05, 0.1) is 30.5 Å². The van der Waals surface area contributed by atoms with Crippen molar-refractivity contribution in [3.05, 3.63) is 30.0 Å². The van der Waals surface area contributed by atoms with Crippen LogP contribution in [0.1, 0.15) is 45.1 Å². The van der Waals surface area contributed by atoms with E-state index in [4.69, 9.17) is 0 Å². The van der Waals surface area contributed by atoms with Crippen LogP contribution in [0.5, 0.6) is 0 Å². The number of rotatable bonds is 7. The van der Waals surface area contributed by atoms with Gasteiger partial charge in [-0.1, -0.05) is 19.9 Å². The van der Waals surface area contributed by atoms with E-state index in [0.717, 1.165) is 50.9 Å². The second kappa shape index (κ2) is 10.0. The Labute approximate surface area is 197 Å². The number of amides is 1. The summed E-state index contributed by atoms with van der Waals surface area (Å²) in [5, 5.41) is 24.6. The molecule has 2 aromatic rings. The summed E-state index contributed by atoms with van der Waals surface area (Å²) in [7, 11) is 0. The van der Waals surface area contributed by atoms with Crippen LogP contribution in [0.4, 0.5) is 19.0 Å². The Morgan fingerprint density at radius 3 is 2.56 bits per heavy atom. The minimum atomic E-state index is -4.46. The summed E-state index contributed by atoms with van der Waals surface area (Å²) in [4.78, 5) is 14.8. The van der Waals surface area contributed by atoms with Gasteiger partial charge in [-0.2, -0.15) is 18.3 Å². The third-order valence-corrected chi connectivity index (χ3v) is 7.11. The number of benzene rings is 1. The predicted molar refractivity (Wildman–Crippen MR) is 123 cm³/mol. The second-order valence-electron chi connectivity index (χ2n) is 9.87. The molecule has 3 N–H and O–H groups in total. The molecule has 1 aliphatic heterocycles. The molecule has 2 fully saturated rings. The number of nitrogens with zero attached hydrogens (tertiary/aromatic N) is 3. The fraction of sp³-hybridized carbons (Fsp3) is 0.625. The highest BCUT2D eigenvalue weighted by molar-refractivity contribution is 5.93. The lowest BCUT2D eigenvalue weighted by Crippen LogP contribution is -2.63. The lowest BCUT2D eigenvalue weighted by atomic mass is 9.78. The predicted octanol–water partition coefficient (Wildman–Crippen LogP) is 3.44. The smallest absolute Gasteiger partial charge is 0.393 e. The third kappa shape index (κ3) is 5.60. The van der Waals surface area contributed by atoms with E-state index in [1.165, 1.54) is 12.3 Å². The molecule has 1 saturated carbocycles. The molecule has 0 radical (unpaired) electrons. The van der Waals surface area contributed by atoms with Crippen molar-refractivity contribution in [1.29, 1.82) is 0 Å². The van der Waals surface area contributed by atoms with Crippen LogP contribution in [0.3, 0.4) is 0 Å². The summed E-state index contributed by atoms with van der Waals surface area (Å²) >= 11 is 0. The molecule has 34 heavy (non-hydrogen) atoms. The quantitative estimate of drug-likeness (QED) is 0.564. The van der Waals surface area contributed by atoms with Crippen molar-refractivity contribution in [1.82, 2.24) is 20.4 Å². The first kappa shape index (κ1) is 24.7. The van der Waals surface area contributed by atoms with E-state index in [1.807, 2.05) is 0 Å². The van der Waals surface area contributed by atoms with Crippen molar-refractivity contribution in [3.63, 3.8) is 0 Å². The average molecular weight is 480 g/mol. The molecule has 1 aromatic carbocycles. The maximum absolute atomic E-state index is 13.1. The molecule has 1 aromatic heterocycles. The summed E-state index contributed by atoms with van der Waals surface area (Å²) in [5.41, 5.74) is -0.775. The van der Waals surface area contributed by atoms with Gasteiger partial charge in [0.1, 0.15) is 0 Å². The molecule has 1 aliphatic carbocycles. The number of hydrogen-bond donors (Lipinski definition) is 3. The van der Waals surface area contributed by atoms with Gasteiger partial charge in [0, 0.05) is 29.9 Å². The SMILES string of the molecule is CC(C)C(O)[C@H]1CC[C@@H](N2CC(NC(=O)CNc3nncc4ccc(C(F)(F)F)cc34)C2)CC1. The van der Waals surface area contributed by atoms with E-state index < -0.39 is 11.7 Å². The van der Waals surface area contributed by atoms with Crippen molar-refractivity contribution < 1.29 is 23.1 Å². The highest BCUT2D eigenvalue weighted by atomic mass is 19.4. The van der Waals surface area contributed by atoms with Crippen LogP contribution in [-0.4, -0.2) is 63.9 Å². The number of anilines is 1. The standard InChI is InChI=1S/C24H32F3N5O2/c1-14(2)22(34)15-4-7-19(8-5-15)32-12-18(13-32)30-21(33)11-28-23-20-9-17(24(25,26)27)6-3-16(20)10-29-31-23/h3,6,9-10,14-15,18-19,22,34H,4-5,7-8,11-13H2,1-2H3,(H,28,31)(H,30,33)/t15-,19+,22?. The van der Waals surface area contributed by atoms with E-state index in [-0.39, 0.29) is 41.7 Å². The molecule has 1 unspecified atom stereocenters. The molecular formula is C24H32F3N5O2. The van der Waals surface area contributed by atoms with Crippen LogP contribution in [0, 0.1) is 11.8 Å². The monoisotopic (exact) mass is 479 g/mol. The van der Waals surface area contributed by atoms with Gasteiger partial charge < -0.3 is 15.7 Å². The number of hydrogen-bond acceptors (Lipinski definition) is 6. The van der Waals surface area contributed by atoms with Gasteiger partial charge in [-0.15, -0.1) is 5.10 Å². The second-order valence-corrected chi connectivity index (χ2v) is 9.87. The number of carbonyl (C=O) groups excluding carboxylic acids is 1. The first-order valence-corrected chi connectivity index (χ1v) is 11.9. The zero-order chi connectivity index (χ0) is 24.5. The summed E-state index contributed by atoms with van der Waals surface area (Å²) in [6, 6.07) is 3.92. The van der Waals surface area contributed by atoms with Gasteiger partial charge in [-0.3, -0.25) is 9.69 Å². The van der Waals surface area contributed by atoms with Gasteiger partial charge >= 0.3 is 6.18 Å². The fourth-order valence-corrected chi connectivity index (χ4v) is 5.08. The molecule has 2 heterocycles. The van der Waals surface area contributed by atoms with Crippen molar-refractivity contribution in [2.24, 2.45) is 11.8 Å². The Morgan fingerprint density at radius 1 is 1.21 bits per heavy atom. The Bertz CT molecular complexity index is 1000. The molecule has 10 heteroatoms. The minimum Gasteiger partial charge on any atom is -0.393 e. The largest absolute Gasteiger partial charge is 0.416 e. The van der Waals surface area contributed by atoms with Crippen molar-refractivity contribution in [2.45, 2.75) is 63.9 Å². The van der Waals surface area contributed by atoms with E-state index in [2.05, 4.69) is 39.6 Å². The molecular weight excluding hydrogens is 447 g/mol. The maximum Gasteiger partial charge on any atom is 0.416 e. The Balaban J connectivity index is 1.24. The molecule has 0 bridgehead atoms.